The topological polar surface area (TPSA) is 67.1 Å². The van der Waals surface area contributed by atoms with Crippen molar-refractivity contribution in [1.29, 1.82) is 0 Å². The van der Waals surface area contributed by atoms with Crippen LogP contribution in [0.4, 0.5) is 0 Å². The molecule has 0 unspecified atom stereocenters. The van der Waals surface area contributed by atoms with Gasteiger partial charge in [-0.15, -0.1) is 10.2 Å². The van der Waals surface area contributed by atoms with Gasteiger partial charge in [-0.1, -0.05) is 0 Å². The molecule has 0 amide bonds. The van der Waals surface area contributed by atoms with Crippen molar-refractivity contribution >= 4 is 5.96 Å². The molecule has 0 saturated carbocycles. The Morgan fingerprint density at radius 1 is 1.47 bits per heavy atom. The summed E-state index contributed by atoms with van der Waals surface area (Å²) in [6.45, 7) is 10.5. The van der Waals surface area contributed by atoms with Gasteiger partial charge in [0.05, 0.1) is 0 Å². The molecule has 0 aliphatic carbocycles. The zero-order valence-corrected chi connectivity index (χ0v) is 11.1. The van der Waals surface area contributed by atoms with Crippen LogP contribution in [-0.4, -0.2) is 33.3 Å². The molecule has 96 valence electrons. The smallest absolute Gasteiger partial charge is 0.191 e. The van der Waals surface area contributed by atoms with E-state index in [4.69, 9.17) is 0 Å². The summed E-state index contributed by atoms with van der Waals surface area (Å²) >= 11 is 0. The monoisotopic (exact) mass is 238 g/mol. The fourth-order valence-corrected chi connectivity index (χ4v) is 1.41. The van der Waals surface area contributed by atoms with E-state index in [2.05, 4.69) is 46.6 Å². The molecule has 1 rings (SSSR count). The number of hydrogen-bond donors (Lipinski definition) is 2. The zero-order valence-electron chi connectivity index (χ0n) is 11.1. The fraction of sp³-hybridized carbons (Fsp3) is 0.727. The van der Waals surface area contributed by atoms with E-state index in [1.165, 1.54) is 0 Å². The van der Waals surface area contributed by atoms with E-state index < -0.39 is 0 Å². The van der Waals surface area contributed by atoms with Crippen molar-refractivity contribution in [3.05, 3.63) is 12.2 Å². The second-order valence-corrected chi connectivity index (χ2v) is 4.03. The second kappa shape index (κ2) is 6.88. The average molecular weight is 238 g/mol. The molecule has 1 heterocycles. The molecule has 6 nitrogen and oxygen atoms in total. The van der Waals surface area contributed by atoms with Crippen LogP contribution in [0.1, 0.15) is 33.5 Å². The Labute approximate surface area is 103 Å². The van der Waals surface area contributed by atoms with Gasteiger partial charge in [0.1, 0.15) is 12.9 Å². The van der Waals surface area contributed by atoms with Crippen LogP contribution in [0.25, 0.3) is 0 Å². The van der Waals surface area contributed by atoms with Gasteiger partial charge < -0.3 is 15.2 Å². The van der Waals surface area contributed by atoms with Gasteiger partial charge in [0.2, 0.25) is 0 Å². The Balaban J connectivity index is 2.64. The third kappa shape index (κ3) is 4.42. The molecule has 2 N–H and O–H groups in total. The van der Waals surface area contributed by atoms with E-state index in [0.717, 1.165) is 24.9 Å². The van der Waals surface area contributed by atoms with E-state index in [9.17, 15) is 0 Å². The molecular formula is C11H22N6. The predicted octanol–water partition coefficient (Wildman–Crippen LogP) is 0.761. The van der Waals surface area contributed by atoms with E-state index in [1.54, 1.807) is 6.33 Å². The SMILES string of the molecule is CCNC(=NCc1nncn1CC)NC(C)C. The van der Waals surface area contributed by atoms with Crippen molar-refractivity contribution in [1.82, 2.24) is 25.4 Å². The summed E-state index contributed by atoms with van der Waals surface area (Å²) in [6, 6.07) is 0.358. The molecule has 0 atom stereocenters. The number of nitrogens with zero attached hydrogens (tertiary/aromatic N) is 4. The number of nitrogens with one attached hydrogen (secondary N) is 2. The first-order valence-corrected chi connectivity index (χ1v) is 6.08. The van der Waals surface area contributed by atoms with Gasteiger partial charge >= 0.3 is 0 Å². The van der Waals surface area contributed by atoms with Crippen LogP contribution in [-0.2, 0) is 13.1 Å². The number of hydrogen-bond acceptors (Lipinski definition) is 3. The Morgan fingerprint density at radius 2 is 2.24 bits per heavy atom. The summed E-state index contributed by atoms with van der Waals surface area (Å²) < 4.78 is 1.99. The molecule has 0 bridgehead atoms. The average Bonchev–Trinajstić information content (AvgIpc) is 2.72. The maximum atomic E-state index is 4.48. The van der Waals surface area contributed by atoms with E-state index in [0.29, 0.717) is 12.6 Å². The molecule has 0 fully saturated rings. The molecule has 0 aliphatic rings. The Hall–Kier alpha value is -1.59. The van der Waals surface area contributed by atoms with Crippen LogP contribution in [0.5, 0.6) is 0 Å². The van der Waals surface area contributed by atoms with Crippen LogP contribution in [0.2, 0.25) is 0 Å². The molecule has 0 aromatic carbocycles. The van der Waals surface area contributed by atoms with Crippen molar-refractivity contribution in [2.75, 3.05) is 6.54 Å². The van der Waals surface area contributed by atoms with Crippen LogP contribution in [0.15, 0.2) is 11.3 Å². The largest absolute Gasteiger partial charge is 0.357 e. The van der Waals surface area contributed by atoms with Gasteiger partial charge in [0.15, 0.2) is 11.8 Å². The van der Waals surface area contributed by atoms with Crippen LogP contribution in [0, 0.1) is 0 Å². The number of aromatic nitrogens is 3. The minimum absolute atomic E-state index is 0.358. The summed E-state index contributed by atoms with van der Waals surface area (Å²) in [5.74, 6) is 1.70. The van der Waals surface area contributed by atoms with Gasteiger partial charge in [-0.2, -0.15) is 0 Å². The third-order valence-electron chi connectivity index (χ3n) is 2.18. The van der Waals surface area contributed by atoms with Gasteiger partial charge in [-0.3, -0.25) is 0 Å². The minimum Gasteiger partial charge on any atom is -0.357 e. The second-order valence-electron chi connectivity index (χ2n) is 4.03. The predicted molar refractivity (Wildman–Crippen MR) is 68.8 cm³/mol. The van der Waals surface area contributed by atoms with E-state index >= 15 is 0 Å². The molecule has 6 heteroatoms. The fourth-order valence-electron chi connectivity index (χ4n) is 1.41. The lowest BCUT2D eigenvalue weighted by molar-refractivity contribution is 0.678. The van der Waals surface area contributed by atoms with E-state index in [-0.39, 0.29) is 0 Å². The van der Waals surface area contributed by atoms with Crippen molar-refractivity contribution in [2.45, 2.75) is 46.8 Å². The van der Waals surface area contributed by atoms with Crippen molar-refractivity contribution in [2.24, 2.45) is 4.99 Å². The normalized spacial score (nSPS) is 11.9. The van der Waals surface area contributed by atoms with Crippen LogP contribution >= 0.6 is 0 Å². The van der Waals surface area contributed by atoms with Crippen molar-refractivity contribution in [3.8, 4) is 0 Å². The summed E-state index contributed by atoms with van der Waals surface area (Å²) in [6.07, 6.45) is 1.73. The molecule has 1 aromatic heterocycles. The standard InChI is InChI=1S/C11H22N6/c1-5-12-11(15-9(3)4)13-7-10-16-14-8-17(10)6-2/h8-9H,5-7H2,1-4H3,(H2,12,13,15). The lowest BCUT2D eigenvalue weighted by Gasteiger charge is -2.13. The first-order valence-electron chi connectivity index (χ1n) is 6.08. The lowest BCUT2D eigenvalue weighted by Crippen LogP contribution is -2.41. The first kappa shape index (κ1) is 13.5. The van der Waals surface area contributed by atoms with Gasteiger partial charge in [0.25, 0.3) is 0 Å². The number of aliphatic imine (C=N–C) groups is 1. The lowest BCUT2D eigenvalue weighted by atomic mass is 10.4. The third-order valence-corrected chi connectivity index (χ3v) is 2.18. The highest BCUT2D eigenvalue weighted by atomic mass is 15.3. The molecular weight excluding hydrogens is 216 g/mol. The molecule has 0 radical (unpaired) electrons. The Morgan fingerprint density at radius 3 is 2.82 bits per heavy atom. The first-order chi connectivity index (χ1) is 8.17. The molecule has 17 heavy (non-hydrogen) atoms. The molecule has 0 aliphatic heterocycles. The highest BCUT2D eigenvalue weighted by Crippen LogP contribution is 1.97. The van der Waals surface area contributed by atoms with Crippen molar-refractivity contribution in [3.63, 3.8) is 0 Å². The highest BCUT2D eigenvalue weighted by Gasteiger charge is 2.03. The van der Waals surface area contributed by atoms with Gasteiger partial charge in [-0.25, -0.2) is 4.99 Å². The molecule has 0 spiro atoms. The summed E-state index contributed by atoms with van der Waals surface area (Å²) in [5, 5.41) is 14.4. The van der Waals surface area contributed by atoms with Gasteiger partial charge in [0, 0.05) is 19.1 Å². The highest BCUT2D eigenvalue weighted by molar-refractivity contribution is 5.79. The quantitative estimate of drug-likeness (QED) is 0.587. The minimum atomic E-state index is 0.358. The Bertz CT molecular complexity index is 355. The van der Waals surface area contributed by atoms with Crippen LogP contribution < -0.4 is 10.6 Å². The maximum Gasteiger partial charge on any atom is 0.191 e. The zero-order chi connectivity index (χ0) is 12.7. The summed E-state index contributed by atoms with van der Waals surface area (Å²) in [5.41, 5.74) is 0. The van der Waals surface area contributed by atoms with E-state index in [1.807, 2.05) is 11.5 Å². The maximum absolute atomic E-state index is 4.48. The van der Waals surface area contributed by atoms with Crippen LogP contribution in [0.3, 0.4) is 0 Å². The number of rotatable bonds is 5. The number of aryl methyl sites for hydroxylation is 1. The summed E-state index contributed by atoms with van der Waals surface area (Å²) in [4.78, 5) is 4.48. The molecule has 1 aromatic rings. The van der Waals surface area contributed by atoms with Gasteiger partial charge in [-0.05, 0) is 27.7 Å². The Kier molecular flexibility index (Phi) is 5.45. The molecule has 0 saturated heterocycles. The van der Waals surface area contributed by atoms with Crippen molar-refractivity contribution < 1.29 is 0 Å². The summed E-state index contributed by atoms with van der Waals surface area (Å²) in [7, 11) is 0. The number of guanidine groups is 1.